The number of nitro benzene ring substituents is 1. The minimum atomic E-state index is -0.501. The van der Waals surface area contributed by atoms with Gasteiger partial charge in [0.25, 0.3) is 11.6 Å². The van der Waals surface area contributed by atoms with Crippen molar-refractivity contribution in [2.45, 2.75) is 46.2 Å². The van der Waals surface area contributed by atoms with Crippen LogP contribution in [-0.4, -0.2) is 24.0 Å². The molecule has 0 saturated heterocycles. The Morgan fingerprint density at radius 2 is 1.83 bits per heavy atom. The zero-order chi connectivity index (χ0) is 21.6. The van der Waals surface area contributed by atoms with Gasteiger partial charge in [-0.05, 0) is 25.0 Å². The molecule has 7 heteroatoms. The highest BCUT2D eigenvalue weighted by atomic mass is 16.6. The monoisotopic (exact) mass is 400 g/mol. The molecule has 0 unspecified atom stereocenters. The number of anilines is 1. The van der Waals surface area contributed by atoms with E-state index in [-0.39, 0.29) is 17.6 Å². The molecule has 2 aromatic carbocycles. The quantitative estimate of drug-likeness (QED) is 0.497. The third-order valence-electron chi connectivity index (χ3n) is 5.05. The molecule has 0 spiro atoms. The second-order valence-electron chi connectivity index (χ2n) is 7.48. The number of methoxy groups -OCH3 is 1. The fraction of sp³-hybridized carbons (Fsp3) is 0.409. The molecular weight excluding hydrogens is 370 g/mol. The van der Waals surface area contributed by atoms with Crippen molar-refractivity contribution in [1.29, 1.82) is 0 Å². The Morgan fingerprint density at radius 3 is 2.34 bits per heavy atom. The summed E-state index contributed by atoms with van der Waals surface area (Å²) >= 11 is 0. The minimum Gasteiger partial charge on any atom is -0.495 e. The average Bonchev–Trinajstić information content (AvgIpc) is 2.71. The van der Waals surface area contributed by atoms with Gasteiger partial charge in [0.1, 0.15) is 11.8 Å². The van der Waals surface area contributed by atoms with Gasteiger partial charge in [0.05, 0.1) is 17.7 Å². The lowest BCUT2D eigenvalue weighted by atomic mass is 9.94. The Hall–Kier alpha value is -2.93. The van der Waals surface area contributed by atoms with Gasteiger partial charge in [0.2, 0.25) is 0 Å². The number of quaternary nitrogens is 1. The van der Waals surface area contributed by atoms with Crippen molar-refractivity contribution in [2.75, 3.05) is 12.4 Å². The first kappa shape index (κ1) is 22.4. The summed E-state index contributed by atoms with van der Waals surface area (Å²) < 4.78 is 5.22. The van der Waals surface area contributed by atoms with Crippen LogP contribution in [0, 0.1) is 16.0 Å². The van der Waals surface area contributed by atoms with Gasteiger partial charge < -0.3 is 15.4 Å². The number of nitrogens with zero attached hydrogens (tertiary/aromatic N) is 1. The second-order valence-corrected chi connectivity index (χ2v) is 7.48. The molecule has 0 aliphatic carbocycles. The number of amides is 1. The molecule has 7 nitrogen and oxygen atoms in total. The third-order valence-corrected chi connectivity index (χ3v) is 5.05. The predicted octanol–water partition coefficient (Wildman–Crippen LogP) is 3.45. The Kier molecular flexibility index (Phi) is 7.73. The van der Waals surface area contributed by atoms with Crippen LogP contribution in [0.4, 0.5) is 11.4 Å². The molecule has 0 aromatic heterocycles. The van der Waals surface area contributed by atoms with E-state index >= 15 is 0 Å². The van der Waals surface area contributed by atoms with Crippen LogP contribution in [0.1, 0.15) is 44.9 Å². The van der Waals surface area contributed by atoms with E-state index in [0.29, 0.717) is 17.4 Å². The summed E-state index contributed by atoms with van der Waals surface area (Å²) in [6.45, 7) is 8.21. The molecule has 156 valence electrons. The molecule has 0 aliphatic heterocycles. The third kappa shape index (κ3) is 5.77. The van der Waals surface area contributed by atoms with E-state index in [2.05, 4.69) is 50.4 Å². The molecule has 1 amide bonds. The van der Waals surface area contributed by atoms with Crippen molar-refractivity contribution in [3.63, 3.8) is 0 Å². The van der Waals surface area contributed by atoms with Crippen molar-refractivity contribution in [3.8, 4) is 5.75 Å². The van der Waals surface area contributed by atoms with Crippen LogP contribution in [0.2, 0.25) is 0 Å². The maximum absolute atomic E-state index is 12.8. The smallest absolute Gasteiger partial charge is 0.282 e. The summed E-state index contributed by atoms with van der Waals surface area (Å²) in [6.07, 6.45) is 0.986. The molecule has 2 rings (SSSR count). The van der Waals surface area contributed by atoms with Gasteiger partial charge in [-0.3, -0.25) is 14.9 Å². The summed E-state index contributed by atoms with van der Waals surface area (Å²) in [7, 11) is 1.46. The summed E-state index contributed by atoms with van der Waals surface area (Å²) in [6, 6.07) is 12.3. The zero-order valence-electron chi connectivity index (χ0n) is 17.6. The molecule has 29 heavy (non-hydrogen) atoms. The SMILES string of the molecule is CCc1ccc([C@H]([NH2+][C@@H](C)C(=O)Nc2cc([N+](=O)[O-])ccc2OC)C(C)C)cc1. The average molecular weight is 400 g/mol. The molecular formula is C22H30N3O4+. The van der Waals surface area contributed by atoms with E-state index in [0.717, 1.165) is 6.42 Å². The minimum absolute atomic E-state index is 0.103. The number of rotatable bonds is 9. The van der Waals surface area contributed by atoms with Gasteiger partial charge in [0, 0.05) is 23.6 Å². The van der Waals surface area contributed by atoms with E-state index in [1.165, 1.54) is 36.4 Å². The summed E-state index contributed by atoms with van der Waals surface area (Å²) in [5, 5.41) is 15.8. The molecule has 0 bridgehead atoms. The number of hydrogen-bond donors (Lipinski definition) is 2. The van der Waals surface area contributed by atoms with Gasteiger partial charge >= 0.3 is 0 Å². The van der Waals surface area contributed by atoms with Crippen LogP contribution in [0.5, 0.6) is 5.75 Å². The first-order valence-electron chi connectivity index (χ1n) is 9.83. The van der Waals surface area contributed by atoms with Gasteiger partial charge in [-0.2, -0.15) is 0 Å². The van der Waals surface area contributed by atoms with Crippen LogP contribution < -0.4 is 15.4 Å². The van der Waals surface area contributed by atoms with Crippen LogP contribution in [-0.2, 0) is 11.2 Å². The van der Waals surface area contributed by atoms with Crippen molar-refractivity contribution >= 4 is 17.3 Å². The van der Waals surface area contributed by atoms with Crippen molar-refractivity contribution in [2.24, 2.45) is 5.92 Å². The summed E-state index contributed by atoms with van der Waals surface area (Å²) in [4.78, 5) is 23.3. The normalized spacial score (nSPS) is 13.0. The van der Waals surface area contributed by atoms with Crippen LogP contribution in [0.3, 0.4) is 0 Å². The zero-order valence-corrected chi connectivity index (χ0v) is 17.6. The topological polar surface area (TPSA) is 98.1 Å². The number of benzene rings is 2. The number of hydrogen-bond acceptors (Lipinski definition) is 4. The lowest BCUT2D eigenvalue weighted by molar-refractivity contribution is -0.718. The molecule has 2 aromatic rings. The Balaban J connectivity index is 2.16. The molecule has 0 radical (unpaired) electrons. The van der Waals surface area contributed by atoms with Crippen LogP contribution >= 0.6 is 0 Å². The summed E-state index contributed by atoms with van der Waals surface area (Å²) in [5.74, 6) is 0.469. The second kappa shape index (κ2) is 10.0. The standard InChI is InChI=1S/C22H29N3O4/c1-6-16-7-9-17(10-8-16)21(14(2)3)23-15(4)22(26)24-19-13-18(25(27)28)11-12-20(19)29-5/h7-15,21,23H,6H2,1-5H3,(H,24,26)/p+1/t15-,21+/m0/s1. The molecule has 3 N–H and O–H groups in total. The van der Waals surface area contributed by atoms with E-state index in [9.17, 15) is 14.9 Å². The van der Waals surface area contributed by atoms with E-state index in [1.54, 1.807) is 0 Å². The lowest BCUT2D eigenvalue weighted by Crippen LogP contribution is -2.93. The number of nitro groups is 1. The fourth-order valence-corrected chi connectivity index (χ4v) is 3.25. The number of aryl methyl sites for hydroxylation is 1. The largest absolute Gasteiger partial charge is 0.495 e. The number of ether oxygens (including phenoxy) is 1. The number of non-ortho nitro benzene ring substituents is 1. The van der Waals surface area contributed by atoms with Crippen molar-refractivity contribution in [1.82, 2.24) is 0 Å². The predicted molar refractivity (Wildman–Crippen MR) is 113 cm³/mol. The highest BCUT2D eigenvalue weighted by Crippen LogP contribution is 2.29. The lowest BCUT2D eigenvalue weighted by Gasteiger charge is -2.23. The van der Waals surface area contributed by atoms with E-state index in [4.69, 9.17) is 4.74 Å². The van der Waals surface area contributed by atoms with E-state index in [1.807, 2.05) is 12.2 Å². The molecule has 0 fully saturated rings. The molecule has 0 aliphatic rings. The van der Waals surface area contributed by atoms with Gasteiger partial charge in [-0.25, -0.2) is 0 Å². The first-order valence-corrected chi connectivity index (χ1v) is 9.83. The molecule has 0 heterocycles. The Morgan fingerprint density at radius 1 is 1.17 bits per heavy atom. The summed E-state index contributed by atoms with van der Waals surface area (Å²) in [5.41, 5.74) is 2.64. The van der Waals surface area contributed by atoms with Gasteiger partial charge in [-0.1, -0.05) is 45.0 Å². The highest BCUT2D eigenvalue weighted by Gasteiger charge is 2.26. The maximum atomic E-state index is 12.8. The Labute approximate surface area is 171 Å². The number of carbonyl (C=O) groups is 1. The van der Waals surface area contributed by atoms with Crippen LogP contribution in [0.15, 0.2) is 42.5 Å². The van der Waals surface area contributed by atoms with Crippen LogP contribution in [0.25, 0.3) is 0 Å². The fourth-order valence-electron chi connectivity index (χ4n) is 3.25. The first-order chi connectivity index (χ1) is 13.8. The molecule has 0 saturated carbocycles. The highest BCUT2D eigenvalue weighted by molar-refractivity contribution is 5.95. The Bertz CT molecular complexity index is 850. The number of nitrogens with one attached hydrogen (secondary N) is 1. The number of nitrogens with two attached hydrogens (primary N) is 1. The van der Waals surface area contributed by atoms with Crippen molar-refractivity contribution < 1.29 is 19.8 Å². The number of carbonyl (C=O) groups excluding carboxylic acids is 1. The molecule has 2 atom stereocenters. The maximum Gasteiger partial charge on any atom is 0.282 e. The van der Waals surface area contributed by atoms with Gasteiger partial charge in [-0.15, -0.1) is 0 Å². The van der Waals surface area contributed by atoms with E-state index < -0.39 is 11.0 Å². The van der Waals surface area contributed by atoms with Gasteiger partial charge in [0.15, 0.2) is 6.04 Å². The van der Waals surface area contributed by atoms with Crippen molar-refractivity contribution in [3.05, 3.63) is 63.7 Å².